The normalized spacial score (nSPS) is 10.8. The molecule has 0 bridgehead atoms. The lowest BCUT2D eigenvalue weighted by molar-refractivity contribution is -0.384. The van der Waals surface area contributed by atoms with Crippen molar-refractivity contribution >= 4 is 60.6 Å². The molecule has 0 spiro atoms. The van der Waals surface area contributed by atoms with Gasteiger partial charge in [0.1, 0.15) is 0 Å². The number of halogens is 2. The molecule has 0 N–H and O–H groups in total. The minimum absolute atomic E-state index is 0.0914. The fourth-order valence-electron chi connectivity index (χ4n) is 2.14. The number of ether oxygens (including phenoxy) is 1. The fraction of sp³-hybridized carbons (Fsp3) is 0.0625. The predicted molar refractivity (Wildman–Crippen MR) is 97.5 cm³/mol. The minimum atomic E-state index is -0.623. The Morgan fingerprint density at radius 1 is 1.29 bits per heavy atom. The molecule has 0 saturated carbocycles. The van der Waals surface area contributed by atoms with Crippen molar-refractivity contribution in [2.24, 2.45) is 0 Å². The molecule has 0 fully saturated rings. The van der Waals surface area contributed by atoms with Crippen LogP contribution in [0.5, 0.6) is 5.75 Å². The van der Waals surface area contributed by atoms with Crippen molar-refractivity contribution in [2.45, 2.75) is 5.33 Å². The number of rotatable bonds is 4. The highest BCUT2D eigenvalue weighted by molar-refractivity contribution is 9.08. The monoisotopic (exact) mass is 425 g/mol. The summed E-state index contributed by atoms with van der Waals surface area (Å²) in [7, 11) is 0. The molecule has 3 aromatic rings. The quantitative estimate of drug-likeness (QED) is 0.180. The molecule has 8 heteroatoms. The number of nitro groups is 1. The molecule has 0 unspecified atom stereocenters. The number of hydrogen-bond donors (Lipinski definition) is 0. The van der Waals surface area contributed by atoms with Crippen LogP contribution in [0.4, 0.5) is 5.69 Å². The zero-order valence-electron chi connectivity index (χ0n) is 12.0. The van der Waals surface area contributed by atoms with Gasteiger partial charge in [-0.25, -0.2) is 4.79 Å². The Balaban J connectivity index is 1.89. The lowest BCUT2D eigenvalue weighted by Gasteiger charge is -2.07. The van der Waals surface area contributed by atoms with Gasteiger partial charge in [0.2, 0.25) is 0 Å². The molecule has 0 aliphatic carbocycles. The van der Waals surface area contributed by atoms with E-state index < -0.39 is 10.9 Å². The topological polar surface area (TPSA) is 69.4 Å². The summed E-state index contributed by atoms with van der Waals surface area (Å²) in [6.45, 7) is 0. The Bertz CT molecular complexity index is 939. The van der Waals surface area contributed by atoms with Crippen LogP contribution in [0, 0.1) is 10.1 Å². The summed E-state index contributed by atoms with van der Waals surface area (Å²) < 4.78 is 6.36. The zero-order chi connectivity index (χ0) is 17.3. The number of nitrogens with zero attached hydrogens (tertiary/aromatic N) is 1. The molecule has 0 radical (unpaired) electrons. The molecular weight excluding hydrogens is 418 g/mol. The third-order valence-electron chi connectivity index (χ3n) is 3.37. The Kier molecular flexibility index (Phi) is 4.84. The summed E-state index contributed by atoms with van der Waals surface area (Å²) >= 11 is 11.2. The lowest BCUT2D eigenvalue weighted by Crippen LogP contribution is -2.08. The summed E-state index contributed by atoms with van der Waals surface area (Å²) in [4.78, 5) is 22.3. The van der Waals surface area contributed by atoms with Gasteiger partial charge in [0.05, 0.1) is 15.5 Å². The number of carbonyl (C=O) groups excluding carboxylic acids is 1. The maximum absolute atomic E-state index is 12.2. The molecule has 2 aromatic carbocycles. The summed E-state index contributed by atoms with van der Waals surface area (Å²) in [6, 6.07) is 8.69. The average Bonchev–Trinajstić information content (AvgIpc) is 2.97. The van der Waals surface area contributed by atoms with E-state index in [0.29, 0.717) is 10.4 Å². The molecule has 0 atom stereocenters. The molecule has 1 aromatic heterocycles. The summed E-state index contributed by atoms with van der Waals surface area (Å²) in [5.74, 6) is -0.366. The van der Waals surface area contributed by atoms with Gasteiger partial charge in [-0.2, -0.15) is 0 Å². The first kappa shape index (κ1) is 16.9. The van der Waals surface area contributed by atoms with E-state index >= 15 is 0 Å². The van der Waals surface area contributed by atoms with Crippen LogP contribution in [0.3, 0.4) is 0 Å². The second-order valence-corrected chi connectivity index (χ2v) is 6.75. The van der Waals surface area contributed by atoms with E-state index in [0.717, 1.165) is 15.6 Å². The first-order chi connectivity index (χ1) is 11.5. The molecule has 0 aliphatic heterocycles. The van der Waals surface area contributed by atoms with Gasteiger partial charge in [0, 0.05) is 27.5 Å². The number of esters is 1. The third kappa shape index (κ3) is 3.28. The van der Waals surface area contributed by atoms with Crippen LogP contribution in [0.1, 0.15) is 15.9 Å². The smallest absolute Gasteiger partial charge is 0.343 e. The number of nitro benzene ring substituents is 1. The van der Waals surface area contributed by atoms with E-state index in [-0.39, 0.29) is 17.0 Å². The number of carbonyl (C=O) groups is 1. The first-order valence-electron chi connectivity index (χ1n) is 6.72. The highest BCUT2D eigenvalue weighted by Gasteiger charge is 2.15. The van der Waals surface area contributed by atoms with Crippen molar-refractivity contribution in [1.82, 2.24) is 0 Å². The lowest BCUT2D eigenvalue weighted by atomic mass is 10.2. The Hall–Kier alpha value is -1.96. The van der Waals surface area contributed by atoms with Gasteiger partial charge in [0.25, 0.3) is 5.69 Å². The molecule has 0 aliphatic rings. The molecular formula is C16H9BrClNO4S. The van der Waals surface area contributed by atoms with Gasteiger partial charge < -0.3 is 4.74 Å². The van der Waals surface area contributed by atoms with E-state index in [9.17, 15) is 14.9 Å². The zero-order valence-corrected chi connectivity index (χ0v) is 15.2. The van der Waals surface area contributed by atoms with Gasteiger partial charge in [-0.1, -0.05) is 27.5 Å². The third-order valence-corrected chi connectivity index (χ3v) is 5.26. The minimum Gasteiger partial charge on any atom is -0.421 e. The van der Waals surface area contributed by atoms with Crippen molar-refractivity contribution in [2.75, 3.05) is 0 Å². The van der Waals surface area contributed by atoms with Crippen LogP contribution in [-0.2, 0) is 5.33 Å². The predicted octanol–water partition coefficient (Wildman–Crippen LogP) is 5.58. The number of fused-ring (bicyclic) bond motifs is 1. The molecule has 0 amide bonds. The molecule has 1 heterocycles. The molecule has 5 nitrogen and oxygen atoms in total. The number of alkyl halides is 1. The molecule has 24 heavy (non-hydrogen) atoms. The number of benzene rings is 2. The van der Waals surface area contributed by atoms with E-state index in [1.165, 1.54) is 24.3 Å². The van der Waals surface area contributed by atoms with Crippen LogP contribution in [0.25, 0.3) is 10.1 Å². The van der Waals surface area contributed by atoms with Crippen molar-refractivity contribution < 1.29 is 14.5 Å². The Morgan fingerprint density at radius 3 is 2.62 bits per heavy atom. The summed E-state index contributed by atoms with van der Waals surface area (Å²) in [6.07, 6.45) is 0. The molecule has 0 saturated heterocycles. The van der Waals surface area contributed by atoms with E-state index in [1.807, 2.05) is 5.38 Å². The van der Waals surface area contributed by atoms with Crippen LogP contribution >= 0.6 is 38.9 Å². The first-order valence-corrected chi connectivity index (χ1v) is 9.09. The van der Waals surface area contributed by atoms with E-state index in [2.05, 4.69) is 15.9 Å². The van der Waals surface area contributed by atoms with Gasteiger partial charge in [0.15, 0.2) is 5.75 Å². The van der Waals surface area contributed by atoms with Gasteiger partial charge in [-0.3, -0.25) is 10.1 Å². The maximum atomic E-state index is 12.2. The van der Waals surface area contributed by atoms with Gasteiger partial charge in [-0.15, -0.1) is 11.3 Å². The van der Waals surface area contributed by atoms with Crippen molar-refractivity contribution in [3.63, 3.8) is 0 Å². The largest absolute Gasteiger partial charge is 0.421 e. The second-order valence-electron chi connectivity index (χ2n) is 4.87. The van der Waals surface area contributed by atoms with Crippen LogP contribution in [0.2, 0.25) is 5.02 Å². The standard InChI is InChI=1S/C16H9BrClNO4S/c17-7-10-8-24-15-6-13(18)14(5-12(10)15)23-16(20)9-1-3-11(4-2-9)19(21)22/h1-6,8H,7H2. The van der Waals surface area contributed by atoms with Crippen LogP contribution in [0.15, 0.2) is 41.8 Å². The van der Waals surface area contributed by atoms with Crippen molar-refractivity contribution in [1.29, 1.82) is 0 Å². The number of hydrogen-bond acceptors (Lipinski definition) is 5. The summed E-state index contributed by atoms with van der Waals surface area (Å²) in [5.41, 5.74) is 1.20. The van der Waals surface area contributed by atoms with Crippen LogP contribution in [-0.4, -0.2) is 10.9 Å². The maximum Gasteiger partial charge on any atom is 0.343 e. The SMILES string of the molecule is O=C(Oc1cc2c(CBr)csc2cc1Cl)c1ccc([N+](=O)[O-])cc1. The molecule has 3 rings (SSSR count). The number of non-ortho nitro benzene ring substituents is 1. The highest BCUT2D eigenvalue weighted by Crippen LogP contribution is 2.36. The van der Waals surface area contributed by atoms with Gasteiger partial charge >= 0.3 is 5.97 Å². The van der Waals surface area contributed by atoms with Gasteiger partial charge in [-0.05, 0) is 35.2 Å². The number of thiophene rings is 1. The fourth-order valence-corrected chi connectivity index (χ4v) is 4.07. The van der Waals surface area contributed by atoms with Crippen LogP contribution < -0.4 is 4.74 Å². The van der Waals surface area contributed by atoms with E-state index in [4.69, 9.17) is 16.3 Å². The van der Waals surface area contributed by atoms with Crippen molar-refractivity contribution in [3.8, 4) is 5.75 Å². The second kappa shape index (κ2) is 6.88. The highest BCUT2D eigenvalue weighted by atomic mass is 79.9. The van der Waals surface area contributed by atoms with E-state index in [1.54, 1.807) is 23.5 Å². The average molecular weight is 427 g/mol. The summed E-state index contributed by atoms with van der Waals surface area (Å²) in [5, 5.41) is 14.6. The Labute approximate surface area is 154 Å². The molecule has 122 valence electrons. The Morgan fingerprint density at radius 2 is 2.00 bits per heavy atom. The van der Waals surface area contributed by atoms with Crippen molar-refractivity contribution in [3.05, 3.63) is 68.0 Å².